The van der Waals surface area contributed by atoms with Crippen LogP contribution in [0, 0.1) is 3.57 Å². The molecular weight excluding hydrogens is 277 g/mol. The second kappa shape index (κ2) is 4.81. The van der Waals surface area contributed by atoms with Gasteiger partial charge in [-0.1, -0.05) is 6.07 Å². The minimum atomic E-state index is 0.0857. The van der Waals surface area contributed by atoms with E-state index in [1.807, 2.05) is 32.0 Å². The van der Waals surface area contributed by atoms with E-state index in [-0.39, 0.29) is 6.04 Å². The lowest BCUT2D eigenvalue weighted by atomic mass is 10.1. The standard InChI is InChI=1S/C10H14INO/c1-3-13-8-4-5-9(7(2)12)10(11)6-8/h4-7H,3,12H2,1-2H3/t7-/m1/s1. The first-order valence-electron chi connectivity index (χ1n) is 4.33. The van der Waals surface area contributed by atoms with Crippen molar-refractivity contribution in [1.82, 2.24) is 0 Å². The number of halogens is 1. The Labute approximate surface area is 92.6 Å². The zero-order valence-electron chi connectivity index (χ0n) is 7.88. The number of rotatable bonds is 3. The van der Waals surface area contributed by atoms with E-state index in [4.69, 9.17) is 10.5 Å². The highest BCUT2D eigenvalue weighted by atomic mass is 127. The minimum absolute atomic E-state index is 0.0857. The first-order chi connectivity index (χ1) is 6.15. The van der Waals surface area contributed by atoms with Crippen molar-refractivity contribution in [2.24, 2.45) is 5.73 Å². The third-order valence-corrected chi connectivity index (χ3v) is 2.71. The topological polar surface area (TPSA) is 35.2 Å². The molecule has 0 aliphatic carbocycles. The highest BCUT2D eigenvalue weighted by molar-refractivity contribution is 14.1. The zero-order valence-corrected chi connectivity index (χ0v) is 10.0. The normalized spacial score (nSPS) is 12.6. The molecule has 0 saturated heterocycles. The molecule has 13 heavy (non-hydrogen) atoms. The van der Waals surface area contributed by atoms with Crippen molar-refractivity contribution < 1.29 is 4.74 Å². The summed E-state index contributed by atoms with van der Waals surface area (Å²) in [7, 11) is 0. The van der Waals surface area contributed by atoms with Gasteiger partial charge in [-0.2, -0.15) is 0 Å². The molecule has 0 unspecified atom stereocenters. The van der Waals surface area contributed by atoms with Gasteiger partial charge in [-0.15, -0.1) is 0 Å². The Bertz CT molecular complexity index is 286. The van der Waals surface area contributed by atoms with Crippen molar-refractivity contribution in [2.75, 3.05) is 6.61 Å². The second-order valence-corrected chi connectivity index (χ2v) is 4.07. The summed E-state index contributed by atoms with van der Waals surface area (Å²) < 4.78 is 6.54. The van der Waals surface area contributed by atoms with Crippen LogP contribution in [-0.4, -0.2) is 6.61 Å². The summed E-state index contributed by atoms with van der Waals surface area (Å²) in [5, 5.41) is 0. The number of nitrogens with two attached hydrogens (primary N) is 1. The van der Waals surface area contributed by atoms with Crippen LogP contribution in [0.5, 0.6) is 5.75 Å². The van der Waals surface area contributed by atoms with Crippen LogP contribution in [0.4, 0.5) is 0 Å². The summed E-state index contributed by atoms with van der Waals surface area (Å²) >= 11 is 2.28. The molecule has 0 aliphatic rings. The average molecular weight is 291 g/mol. The molecule has 1 aromatic carbocycles. The lowest BCUT2D eigenvalue weighted by Crippen LogP contribution is -2.07. The number of hydrogen-bond acceptors (Lipinski definition) is 2. The molecule has 0 saturated carbocycles. The summed E-state index contributed by atoms with van der Waals surface area (Å²) in [6, 6.07) is 6.09. The van der Waals surface area contributed by atoms with Crippen LogP contribution in [-0.2, 0) is 0 Å². The van der Waals surface area contributed by atoms with Crippen molar-refractivity contribution in [3.05, 3.63) is 27.3 Å². The smallest absolute Gasteiger partial charge is 0.120 e. The molecule has 0 bridgehead atoms. The molecule has 0 radical (unpaired) electrons. The number of hydrogen-bond donors (Lipinski definition) is 1. The summed E-state index contributed by atoms with van der Waals surface area (Å²) in [6.07, 6.45) is 0. The lowest BCUT2D eigenvalue weighted by Gasteiger charge is -2.10. The molecule has 72 valence electrons. The summed E-state index contributed by atoms with van der Waals surface area (Å²) in [6.45, 7) is 4.66. The summed E-state index contributed by atoms with van der Waals surface area (Å²) in [5.41, 5.74) is 6.96. The quantitative estimate of drug-likeness (QED) is 0.869. The van der Waals surface area contributed by atoms with Crippen LogP contribution < -0.4 is 10.5 Å². The van der Waals surface area contributed by atoms with Crippen LogP contribution in [0.3, 0.4) is 0 Å². The van der Waals surface area contributed by atoms with Crippen molar-refractivity contribution in [2.45, 2.75) is 19.9 Å². The van der Waals surface area contributed by atoms with Gasteiger partial charge in [0, 0.05) is 9.61 Å². The van der Waals surface area contributed by atoms with Crippen LogP contribution in [0.1, 0.15) is 25.5 Å². The van der Waals surface area contributed by atoms with Crippen LogP contribution in [0.2, 0.25) is 0 Å². The first kappa shape index (κ1) is 10.8. The van der Waals surface area contributed by atoms with Gasteiger partial charge in [-0.3, -0.25) is 0 Å². The van der Waals surface area contributed by atoms with E-state index in [1.54, 1.807) is 0 Å². The monoisotopic (exact) mass is 291 g/mol. The zero-order chi connectivity index (χ0) is 9.84. The lowest BCUT2D eigenvalue weighted by molar-refractivity contribution is 0.340. The predicted octanol–water partition coefficient (Wildman–Crippen LogP) is 2.71. The van der Waals surface area contributed by atoms with E-state index in [0.29, 0.717) is 6.61 Å². The van der Waals surface area contributed by atoms with E-state index in [9.17, 15) is 0 Å². The molecule has 0 aromatic heterocycles. The van der Waals surface area contributed by atoms with E-state index in [2.05, 4.69) is 22.6 Å². The Morgan fingerprint density at radius 2 is 2.23 bits per heavy atom. The fourth-order valence-corrected chi connectivity index (χ4v) is 2.11. The van der Waals surface area contributed by atoms with Gasteiger partial charge >= 0.3 is 0 Å². The van der Waals surface area contributed by atoms with Gasteiger partial charge in [-0.25, -0.2) is 0 Å². The molecule has 3 heteroatoms. The van der Waals surface area contributed by atoms with Gasteiger partial charge in [0.15, 0.2) is 0 Å². The van der Waals surface area contributed by atoms with Crippen molar-refractivity contribution in [3.8, 4) is 5.75 Å². The van der Waals surface area contributed by atoms with Gasteiger partial charge < -0.3 is 10.5 Å². The predicted molar refractivity (Wildman–Crippen MR) is 62.9 cm³/mol. The molecule has 2 nitrogen and oxygen atoms in total. The van der Waals surface area contributed by atoms with E-state index in [0.717, 1.165) is 5.75 Å². The maximum atomic E-state index is 5.79. The number of ether oxygens (including phenoxy) is 1. The van der Waals surface area contributed by atoms with Gasteiger partial charge in [-0.05, 0) is 54.1 Å². The number of benzene rings is 1. The molecular formula is C10H14INO. The molecule has 0 fully saturated rings. The SMILES string of the molecule is CCOc1ccc([C@@H](C)N)c(I)c1. The van der Waals surface area contributed by atoms with Gasteiger partial charge in [0.25, 0.3) is 0 Å². The van der Waals surface area contributed by atoms with E-state index >= 15 is 0 Å². The van der Waals surface area contributed by atoms with Crippen LogP contribution in [0.15, 0.2) is 18.2 Å². The third-order valence-electron chi connectivity index (χ3n) is 1.77. The third kappa shape index (κ3) is 2.84. The fourth-order valence-electron chi connectivity index (χ4n) is 1.13. The molecule has 1 aromatic rings. The van der Waals surface area contributed by atoms with Crippen LogP contribution >= 0.6 is 22.6 Å². The summed E-state index contributed by atoms with van der Waals surface area (Å²) in [4.78, 5) is 0. The largest absolute Gasteiger partial charge is 0.494 e. The maximum absolute atomic E-state index is 5.79. The molecule has 1 atom stereocenters. The molecule has 1 rings (SSSR count). The molecule has 0 spiro atoms. The Morgan fingerprint density at radius 3 is 2.69 bits per heavy atom. The van der Waals surface area contributed by atoms with Gasteiger partial charge in [0.05, 0.1) is 6.61 Å². The van der Waals surface area contributed by atoms with Gasteiger partial charge in [0.1, 0.15) is 5.75 Å². The van der Waals surface area contributed by atoms with Crippen molar-refractivity contribution in [3.63, 3.8) is 0 Å². The second-order valence-electron chi connectivity index (χ2n) is 2.91. The van der Waals surface area contributed by atoms with Crippen molar-refractivity contribution >= 4 is 22.6 Å². The molecule has 0 aliphatic heterocycles. The van der Waals surface area contributed by atoms with E-state index < -0.39 is 0 Å². The average Bonchev–Trinajstić information content (AvgIpc) is 2.04. The van der Waals surface area contributed by atoms with Crippen LogP contribution in [0.25, 0.3) is 0 Å². The molecule has 2 N–H and O–H groups in total. The highest BCUT2D eigenvalue weighted by Crippen LogP contribution is 2.23. The molecule has 0 amide bonds. The first-order valence-corrected chi connectivity index (χ1v) is 5.41. The Hall–Kier alpha value is -0.290. The Morgan fingerprint density at radius 1 is 1.54 bits per heavy atom. The fraction of sp³-hybridized carbons (Fsp3) is 0.400. The highest BCUT2D eigenvalue weighted by Gasteiger charge is 2.05. The minimum Gasteiger partial charge on any atom is -0.494 e. The molecule has 0 heterocycles. The maximum Gasteiger partial charge on any atom is 0.120 e. The Balaban J connectivity index is 2.92. The van der Waals surface area contributed by atoms with Crippen molar-refractivity contribution in [1.29, 1.82) is 0 Å². The van der Waals surface area contributed by atoms with Gasteiger partial charge in [0.2, 0.25) is 0 Å². The van der Waals surface area contributed by atoms with E-state index in [1.165, 1.54) is 9.13 Å². The summed E-state index contributed by atoms with van der Waals surface area (Å²) in [5.74, 6) is 0.913. The Kier molecular flexibility index (Phi) is 3.99.